The van der Waals surface area contributed by atoms with Crippen LogP contribution in [0.2, 0.25) is 0 Å². The van der Waals surface area contributed by atoms with Gasteiger partial charge in [0.15, 0.2) is 31.3 Å². The lowest BCUT2D eigenvalue weighted by molar-refractivity contribution is -0.361. The quantitative estimate of drug-likeness (QED) is 0.0456. The first-order valence-electron chi connectivity index (χ1n) is 30.8. The molecule has 0 bridgehead atoms. The SMILES string of the molecule is CC1OC(OC2C(CO)OC(OCC3OC(OC(=O)C45CCC(C)(C)CC4C4=CCC6C7(C)CCC(OC8OCC(O)C(OC9OC(C(=O)O)C(O)C(O)C9O)C8O)C(C)(CO)C7CCC6(C)C4(C)CC5)C(O)C(O)C3O)C(O)C2O)C(O)C(O)C1O. The zero-order valence-electron chi connectivity index (χ0n) is 50.2. The van der Waals surface area contributed by atoms with Crippen LogP contribution in [-0.4, -0.2) is 274 Å². The minimum Gasteiger partial charge on any atom is -0.479 e. The normalized spacial score (nSPS) is 54.2. The molecule has 0 radical (unpaired) electrons. The lowest BCUT2D eigenvalue weighted by atomic mass is 9.33. The van der Waals surface area contributed by atoms with Gasteiger partial charge in [-0.1, -0.05) is 53.2 Å². The van der Waals surface area contributed by atoms with Gasteiger partial charge < -0.3 is 129 Å². The number of carboxylic acids is 1. The van der Waals surface area contributed by atoms with Crippen LogP contribution in [0, 0.1) is 50.2 Å². The molecule has 0 aromatic heterocycles. The second kappa shape index (κ2) is 24.9. The lowest BCUT2D eigenvalue weighted by Gasteiger charge is -2.71. The second-order valence-corrected chi connectivity index (χ2v) is 28.5. The molecule has 498 valence electrons. The monoisotopic (exact) mass is 1250 g/mol. The summed E-state index contributed by atoms with van der Waals surface area (Å²) >= 11 is 0. The van der Waals surface area contributed by atoms with Gasteiger partial charge in [-0.15, -0.1) is 0 Å². The summed E-state index contributed by atoms with van der Waals surface area (Å²) in [4.78, 5) is 27.0. The molecule has 5 heterocycles. The van der Waals surface area contributed by atoms with Gasteiger partial charge in [0.2, 0.25) is 6.29 Å². The number of aliphatic hydroxyl groups is 15. The summed E-state index contributed by atoms with van der Waals surface area (Å²) in [5.74, 6) is -2.62. The Morgan fingerprint density at radius 1 is 0.586 bits per heavy atom. The molecule has 4 saturated carbocycles. The van der Waals surface area contributed by atoms with Gasteiger partial charge >= 0.3 is 11.9 Å². The minimum atomic E-state index is -1.99. The van der Waals surface area contributed by atoms with Crippen molar-refractivity contribution >= 4 is 11.9 Å². The molecule has 9 fully saturated rings. The number of allylic oxidation sites excluding steroid dienone is 2. The number of fused-ring (bicyclic) bond motifs is 7. The number of aliphatic hydroxyl groups excluding tert-OH is 15. The van der Waals surface area contributed by atoms with Crippen LogP contribution in [-0.2, 0) is 57.0 Å². The van der Waals surface area contributed by atoms with Crippen molar-refractivity contribution in [2.75, 3.05) is 26.4 Å². The van der Waals surface area contributed by atoms with Crippen LogP contribution in [0.1, 0.15) is 113 Å². The van der Waals surface area contributed by atoms with E-state index in [1.807, 2.05) is 6.92 Å². The van der Waals surface area contributed by atoms with Crippen LogP contribution in [0.15, 0.2) is 11.6 Å². The topological polar surface area (TPSA) is 450 Å². The van der Waals surface area contributed by atoms with E-state index in [4.69, 9.17) is 47.4 Å². The summed E-state index contributed by atoms with van der Waals surface area (Å²) < 4.78 is 58.3. The van der Waals surface area contributed by atoms with E-state index < -0.39 is 202 Å². The maximum Gasteiger partial charge on any atom is 0.335 e. The zero-order valence-corrected chi connectivity index (χ0v) is 50.2. The fourth-order valence-electron chi connectivity index (χ4n) is 17.6. The predicted octanol–water partition coefficient (Wildman–Crippen LogP) is -3.48. The fraction of sp³-hybridized carbons (Fsp3) is 0.932. The predicted molar refractivity (Wildman–Crippen MR) is 290 cm³/mol. The summed E-state index contributed by atoms with van der Waals surface area (Å²) in [5.41, 5.74) is -2.15. The first kappa shape index (κ1) is 67.6. The zero-order chi connectivity index (χ0) is 63.6. The van der Waals surface area contributed by atoms with Crippen molar-refractivity contribution in [2.24, 2.45) is 50.2 Å². The molecule has 0 spiro atoms. The van der Waals surface area contributed by atoms with E-state index in [1.54, 1.807) is 0 Å². The van der Waals surface area contributed by atoms with Crippen molar-refractivity contribution in [1.82, 2.24) is 0 Å². The molecule has 5 aliphatic heterocycles. The Balaban J connectivity index is 0.821. The van der Waals surface area contributed by atoms with Crippen LogP contribution in [0.3, 0.4) is 0 Å². The molecule has 28 nitrogen and oxygen atoms in total. The van der Waals surface area contributed by atoms with Crippen LogP contribution in [0.4, 0.5) is 0 Å². The van der Waals surface area contributed by atoms with Crippen LogP contribution in [0.5, 0.6) is 0 Å². The van der Waals surface area contributed by atoms with E-state index in [0.29, 0.717) is 57.8 Å². The molecule has 28 heteroatoms. The number of esters is 1. The van der Waals surface area contributed by atoms with E-state index >= 15 is 4.79 Å². The van der Waals surface area contributed by atoms with Gasteiger partial charge in [0.1, 0.15) is 104 Å². The number of rotatable bonds is 14. The van der Waals surface area contributed by atoms with Crippen molar-refractivity contribution in [2.45, 2.75) is 266 Å². The molecule has 33 unspecified atom stereocenters. The van der Waals surface area contributed by atoms with Crippen molar-refractivity contribution in [3.05, 3.63) is 11.6 Å². The number of hydrogen-bond donors (Lipinski definition) is 16. The van der Waals surface area contributed by atoms with E-state index in [-0.39, 0.29) is 40.6 Å². The third-order valence-corrected chi connectivity index (χ3v) is 23.2. The molecule has 87 heavy (non-hydrogen) atoms. The van der Waals surface area contributed by atoms with Gasteiger partial charge in [-0.3, -0.25) is 4.79 Å². The van der Waals surface area contributed by atoms with E-state index in [9.17, 15) is 86.5 Å². The Morgan fingerprint density at radius 3 is 1.86 bits per heavy atom. The third kappa shape index (κ3) is 11.4. The highest BCUT2D eigenvalue weighted by Gasteiger charge is 2.71. The maximum atomic E-state index is 15.2. The highest BCUT2D eigenvalue weighted by molar-refractivity contribution is 5.79. The molecule has 10 aliphatic rings. The largest absolute Gasteiger partial charge is 0.479 e. The second-order valence-electron chi connectivity index (χ2n) is 28.5. The fourth-order valence-corrected chi connectivity index (χ4v) is 17.6. The minimum absolute atomic E-state index is 0.0840. The van der Waals surface area contributed by atoms with E-state index in [2.05, 4.69) is 40.7 Å². The number of carboxylic acid groups (broad SMARTS) is 1. The summed E-state index contributed by atoms with van der Waals surface area (Å²) in [5, 5.41) is 172. The molecular formula is C59H94O28. The Labute approximate surface area is 503 Å². The van der Waals surface area contributed by atoms with Gasteiger partial charge in [0.25, 0.3) is 0 Å². The van der Waals surface area contributed by atoms with Gasteiger partial charge in [-0.25, -0.2) is 4.79 Å². The molecule has 5 aliphatic carbocycles. The molecular weight excluding hydrogens is 1160 g/mol. The number of hydrogen-bond acceptors (Lipinski definition) is 27. The number of carbonyl (C=O) groups is 2. The molecule has 0 aromatic rings. The maximum absolute atomic E-state index is 15.2. The summed E-state index contributed by atoms with van der Waals surface area (Å²) in [6, 6.07) is 0. The van der Waals surface area contributed by atoms with E-state index in [1.165, 1.54) is 6.92 Å². The third-order valence-electron chi connectivity index (χ3n) is 23.2. The summed E-state index contributed by atoms with van der Waals surface area (Å²) in [6.45, 7) is 12.5. The van der Waals surface area contributed by atoms with Crippen molar-refractivity contribution in [3.63, 3.8) is 0 Å². The standard InChI is InChI=1S/C59H94O28/c1-23-32(63)34(65)39(70)50(80-23)85-45-27(19-60)81-48(42(73)38(45)69)79-21-28-33(64)35(66)40(71)51(82-28)87-53(77)59-16-14-54(2,3)18-25(59)24-8-9-30-55(4)12-11-31(56(5,22-61)29(55)10-13-58(30,7)57(24,6)15-17-59)83-49-43(74)44(26(62)20-78-49)84-52-41(72)36(67)37(68)46(86-52)47(75)76/h8,23,25-46,48-52,60-74H,9-22H2,1-7H3,(H,75,76). The smallest absolute Gasteiger partial charge is 0.335 e. The number of ether oxygens (including phenoxy) is 10. The van der Waals surface area contributed by atoms with Crippen LogP contribution in [0.25, 0.3) is 0 Å². The van der Waals surface area contributed by atoms with Gasteiger partial charge in [0, 0.05) is 5.41 Å². The lowest BCUT2D eigenvalue weighted by Crippen LogP contribution is -2.67. The molecule has 0 amide bonds. The molecule has 10 rings (SSSR count). The van der Waals surface area contributed by atoms with Crippen molar-refractivity contribution < 1.29 is 139 Å². The Kier molecular flexibility index (Phi) is 19.3. The summed E-state index contributed by atoms with van der Waals surface area (Å²) in [7, 11) is 0. The van der Waals surface area contributed by atoms with Gasteiger partial charge in [-0.2, -0.15) is 0 Å². The van der Waals surface area contributed by atoms with Crippen molar-refractivity contribution in [1.29, 1.82) is 0 Å². The molecule has 5 saturated heterocycles. The first-order valence-corrected chi connectivity index (χ1v) is 30.8. The van der Waals surface area contributed by atoms with Gasteiger partial charge in [0.05, 0.1) is 44.1 Å². The Bertz CT molecular complexity index is 2470. The van der Waals surface area contributed by atoms with E-state index in [0.717, 1.165) is 12.0 Å². The Morgan fingerprint density at radius 2 is 1.20 bits per heavy atom. The van der Waals surface area contributed by atoms with Gasteiger partial charge in [-0.05, 0) is 111 Å². The number of aliphatic carboxylic acids is 1. The molecule has 0 aromatic carbocycles. The first-order chi connectivity index (χ1) is 40.7. The highest BCUT2D eigenvalue weighted by atomic mass is 16.8. The van der Waals surface area contributed by atoms with Crippen LogP contribution >= 0.6 is 0 Å². The molecule has 16 N–H and O–H groups in total. The average molecular weight is 1250 g/mol. The van der Waals surface area contributed by atoms with Crippen LogP contribution < -0.4 is 0 Å². The molecule has 33 atom stereocenters. The highest BCUT2D eigenvalue weighted by Crippen LogP contribution is 2.76. The number of carbonyl (C=O) groups excluding carboxylic acids is 1. The summed E-state index contributed by atoms with van der Waals surface area (Å²) in [6.07, 6.45) is -33.4. The Hall–Kier alpha value is -2.28. The van der Waals surface area contributed by atoms with Crippen molar-refractivity contribution in [3.8, 4) is 0 Å². The average Bonchev–Trinajstić information content (AvgIpc) is 1.08.